The standard InChI is InChI=1S/C19H27N3O2.ClH/c20-19(11-5-2-6-12-19)18(24)22-13-9-16(10-14-22)21-17(23)15-7-3-1-4-8-15;/h1,3-4,7-8,16H,2,5-6,9-14,20H2,(H,21,23);1H. The zero-order chi connectivity index (χ0) is 17.0. The molecular weight excluding hydrogens is 338 g/mol. The van der Waals surface area contributed by atoms with Crippen LogP contribution in [-0.4, -0.2) is 41.4 Å². The van der Waals surface area contributed by atoms with Crippen LogP contribution in [0.1, 0.15) is 55.3 Å². The van der Waals surface area contributed by atoms with E-state index in [-0.39, 0.29) is 30.3 Å². The van der Waals surface area contributed by atoms with Crippen LogP contribution in [0, 0.1) is 0 Å². The van der Waals surface area contributed by atoms with Crippen molar-refractivity contribution in [3.63, 3.8) is 0 Å². The van der Waals surface area contributed by atoms with Gasteiger partial charge in [-0.25, -0.2) is 0 Å². The van der Waals surface area contributed by atoms with E-state index in [1.54, 1.807) is 0 Å². The quantitative estimate of drug-likeness (QED) is 0.864. The highest BCUT2D eigenvalue weighted by Crippen LogP contribution is 2.28. The van der Waals surface area contributed by atoms with Crippen LogP contribution in [0.25, 0.3) is 0 Å². The number of hydrogen-bond acceptors (Lipinski definition) is 3. The van der Waals surface area contributed by atoms with Crippen molar-refractivity contribution in [2.45, 2.75) is 56.5 Å². The van der Waals surface area contributed by atoms with Crippen molar-refractivity contribution in [2.24, 2.45) is 5.73 Å². The summed E-state index contributed by atoms with van der Waals surface area (Å²) >= 11 is 0. The SMILES string of the molecule is Cl.NC1(C(=O)N2CCC(NC(=O)c3ccccc3)CC2)CCCCC1. The zero-order valence-corrected chi connectivity index (χ0v) is 15.4. The number of carbonyl (C=O) groups excluding carboxylic acids is 2. The first-order valence-corrected chi connectivity index (χ1v) is 9.03. The van der Waals surface area contributed by atoms with E-state index in [1.807, 2.05) is 35.2 Å². The lowest BCUT2D eigenvalue weighted by molar-refractivity contribution is -0.139. The zero-order valence-electron chi connectivity index (χ0n) is 14.6. The molecule has 0 bridgehead atoms. The summed E-state index contributed by atoms with van der Waals surface area (Å²) in [6, 6.07) is 9.38. The summed E-state index contributed by atoms with van der Waals surface area (Å²) in [6.07, 6.45) is 6.46. The number of hydrogen-bond donors (Lipinski definition) is 2. The number of halogens is 1. The molecule has 0 aromatic heterocycles. The Morgan fingerprint density at radius 1 is 1.04 bits per heavy atom. The van der Waals surface area contributed by atoms with Gasteiger partial charge in [-0.3, -0.25) is 9.59 Å². The van der Waals surface area contributed by atoms with Gasteiger partial charge in [-0.1, -0.05) is 37.5 Å². The van der Waals surface area contributed by atoms with Crippen LogP contribution in [0.15, 0.2) is 30.3 Å². The number of likely N-dealkylation sites (tertiary alicyclic amines) is 1. The Hall–Kier alpha value is -1.59. The van der Waals surface area contributed by atoms with Gasteiger partial charge < -0.3 is 16.0 Å². The van der Waals surface area contributed by atoms with Crippen LogP contribution in [0.4, 0.5) is 0 Å². The first-order chi connectivity index (χ1) is 11.6. The molecule has 1 aromatic carbocycles. The lowest BCUT2D eigenvalue weighted by atomic mass is 9.81. The molecule has 0 atom stereocenters. The molecule has 1 aromatic rings. The lowest BCUT2D eigenvalue weighted by Gasteiger charge is -2.40. The van der Waals surface area contributed by atoms with E-state index >= 15 is 0 Å². The maximum absolute atomic E-state index is 12.7. The molecule has 3 rings (SSSR count). The van der Waals surface area contributed by atoms with E-state index < -0.39 is 5.54 Å². The van der Waals surface area contributed by atoms with Gasteiger partial charge in [0.05, 0.1) is 5.54 Å². The highest BCUT2D eigenvalue weighted by atomic mass is 35.5. The predicted molar refractivity (Wildman–Crippen MR) is 101 cm³/mol. The topological polar surface area (TPSA) is 75.4 Å². The van der Waals surface area contributed by atoms with Crippen molar-refractivity contribution in [1.82, 2.24) is 10.2 Å². The fourth-order valence-electron chi connectivity index (χ4n) is 3.80. The number of nitrogens with two attached hydrogens (primary N) is 1. The Morgan fingerprint density at radius 3 is 2.24 bits per heavy atom. The fourth-order valence-corrected chi connectivity index (χ4v) is 3.80. The Kier molecular flexibility index (Phi) is 6.85. The van der Waals surface area contributed by atoms with Crippen molar-refractivity contribution >= 4 is 24.2 Å². The van der Waals surface area contributed by atoms with E-state index in [9.17, 15) is 9.59 Å². The lowest BCUT2D eigenvalue weighted by Crippen LogP contribution is -2.58. The van der Waals surface area contributed by atoms with Gasteiger partial charge in [0, 0.05) is 24.7 Å². The Labute approximate surface area is 155 Å². The fraction of sp³-hybridized carbons (Fsp3) is 0.579. The molecule has 1 aliphatic carbocycles. The molecule has 0 spiro atoms. The van der Waals surface area contributed by atoms with Gasteiger partial charge in [0.2, 0.25) is 5.91 Å². The number of amides is 2. The molecule has 2 fully saturated rings. The van der Waals surface area contributed by atoms with Crippen molar-refractivity contribution < 1.29 is 9.59 Å². The molecule has 25 heavy (non-hydrogen) atoms. The maximum atomic E-state index is 12.7. The van der Waals surface area contributed by atoms with E-state index in [1.165, 1.54) is 6.42 Å². The summed E-state index contributed by atoms with van der Waals surface area (Å²) in [7, 11) is 0. The predicted octanol–water partition coefficient (Wildman–Crippen LogP) is 2.49. The van der Waals surface area contributed by atoms with Crippen LogP contribution in [-0.2, 0) is 4.79 Å². The minimum absolute atomic E-state index is 0. The van der Waals surface area contributed by atoms with Crippen molar-refractivity contribution in [2.75, 3.05) is 13.1 Å². The second kappa shape index (κ2) is 8.68. The number of piperidine rings is 1. The Balaban J connectivity index is 0.00000225. The first-order valence-electron chi connectivity index (χ1n) is 9.03. The molecule has 1 aliphatic heterocycles. The molecule has 3 N–H and O–H groups in total. The summed E-state index contributed by atoms with van der Waals surface area (Å²) in [5, 5.41) is 3.08. The van der Waals surface area contributed by atoms with E-state index in [2.05, 4.69) is 5.32 Å². The van der Waals surface area contributed by atoms with E-state index in [0.29, 0.717) is 18.7 Å². The monoisotopic (exact) mass is 365 g/mol. The molecule has 138 valence electrons. The van der Waals surface area contributed by atoms with Gasteiger partial charge in [0.15, 0.2) is 0 Å². The largest absolute Gasteiger partial charge is 0.349 e. The molecule has 1 heterocycles. The first kappa shape index (κ1) is 19.7. The average molecular weight is 366 g/mol. The number of nitrogens with one attached hydrogen (secondary N) is 1. The third kappa shape index (κ3) is 4.73. The van der Waals surface area contributed by atoms with Crippen LogP contribution in [0.3, 0.4) is 0 Å². The second-order valence-corrected chi connectivity index (χ2v) is 7.12. The van der Waals surface area contributed by atoms with Crippen LogP contribution >= 0.6 is 12.4 Å². The normalized spacial score (nSPS) is 20.4. The minimum atomic E-state index is -0.654. The average Bonchev–Trinajstić information content (AvgIpc) is 2.63. The van der Waals surface area contributed by atoms with Gasteiger partial charge in [-0.2, -0.15) is 0 Å². The number of benzene rings is 1. The van der Waals surface area contributed by atoms with Crippen molar-refractivity contribution in [1.29, 1.82) is 0 Å². The molecule has 6 heteroatoms. The van der Waals surface area contributed by atoms with Gasteiger partial charge in [0.25, 0.3) is 5.91 Å². The summed E-state index contributed by atoms with van der Waals surface area (Å²) in [4.78, 5) is 26.9. The molecule has 1 saturated heterocycles. The highest BCUT2D eigenvalue weighted by Gasteiger charge is 2.39. The smallest absolute Gasteiger partial charge is 0.251 e. The summed E-state index contributed by atoms with van der Waals surface area (Å²) in [5.41, 5.74) is 6.39. The van der Waals surface area contributed by atoms with Gasteiger partial charge in [-0.05, 0) is 37.8 Å². The molecule has 0 unspecified atom stereocenters. The number of nitrogens with zero attached hydrogens (tertiary/aromatic N) is 1. The minimum Gasteiger partial charge on any atom is -0.349 e. The van der Waals surface area contributed by atoms with E-state index in [4.69, 9.17) is 5.73 Å². The van der Waals surface area contributed by atoms with Crippen LogP contribution in [0.5, 0.6) is 0 Å². The second-order valence-electron chi connectivity index (χ2n) is 7.12. The summed E-state index contributed by atoms with van der Waals surface area (Å²) in [6.45, 7) is 1.36. The third-order valence-corrected chi connectivity index (χ3v) is 5.33. The Bertz CT molecular complexity index is 580. The van der Waals surface area contributed by atoms with Crippen LogP contribution in [0.2, 0.25) is 0 Å². The molecular formula is C19H28ClN3O2. The van der Waals surface area contributed by atoms with Gasteiger partial charge in [-0.15, -0.1) is 12.4 Å². The molecule has 2 amide bonds. The van der Waals surface area contributed by atoms with Crippen molar-refractivity contribution in [3.8, 4) is 0 Å². The van der Waals surface area contributed by atoms with Crippen LogP contribution < -0.4 is 11.1 Å². The summed E-state index contributed by atoms with van der Waals surface area (Å²) < 4.78 is 0. The van der Waals surface area contributed by atoms with Gasteiger partial charge in [0.1, 0.15) is 0 Å². The summed E-state index contributed by atoms with van der Waals surface area (Å²) in [5.74, 6) is 0.0676. The van der Waals surface area contributed by atoms with Crippen molar-refractivity contribution in [3.05, 3.63) is 35.9 Å². The number of carbonyl (C=O) groups is 2. The molecule has 0 radical (unpaired) electrons. The molecule has 5 nitrogen and oxygen atoms in total. The molecule has 2 aliphatic rings. The third-order valence-electron chi connectivity index (χ3n) is 5.33. The number of rotatable bonds is 3. The highest BCUT2D eigenvalue weighted by molar-refractivity contribution is 5.94. The maximum Gasteiger partial charge on any atom is 0.251 e. The Morgan fingerprint density at radius 2 is 1.64 bits per heavy atom. The molecule has 1 saturated carbocycles. The van der Waals surface area contributed by atoms with E-state index in [0.717, 1.165) is 38.5 Å². The van der Waals surface area contributed by atoms with Gasteiger partial charge >= 0.3 is 0 Å².